The summed E-state index contributed by atoms with van der Waals surface area (Å²) in [6.45, 7) is 6.49. The molecule has 0 radical (unpaired) electrons. The summed E-state index contributed by atoms with van der Waals surface area (Å²) in [5, 5.41) is 0. The first-order valence-corrected chi connectivity index (χ1v) is 24.6. The lowest BCUT2D eigenvalue weighted by Gasteiger charge is -2.18. The average Bonchev–Trinajstić information content (AvgIpc) is 3.22. The molecule has 1 unspecified atom stereocenters. The topological polar surface area (TPSA) is 78.9 Å². The van der Waals surface area contributed by atoms with Crippen LogP contribution in [0.25, 0.3) is 0 Å². The summed E-state index contributed by atoms with van der Waals surface area (Å²) in [6, 6.07) is 0. The Kier molecular flexibility index (Phi) is 44.9. The standard InChI is InChI=1S/C52H92O6/c1-4-7-10-13-16-19-22-24-25-26-28-30-33-36-39-42-45-51(54)57-48-49(47-56-50(53)44-41-38-35-32-29-21-18-15-12-9-6-3)58-52(55)46-43-40-37-34-31-27-23-20-17-14-11-8-5-2/h7,10,16,19,24-25,27,31,49H,4-6,8-9,11-15,17-18,20-23,26,28-30,32-48H2,1-3H3/b10-7-,19-16-,25-24-,31-27-. The number of rotatable bonds is 44. The number of ether oxygens (including phenoxy) is 3. The Morgan fingerprint density at radius 2 is 0.672 bits per heavy atom. The van der Waals surface area contributed by atoms with Gasteiger partial charge in [0.05, 0.1) is 0 Å². The van der Waals surface area contributed by atoms with Gasteiger partial charge in [0.25, 0.3) is 0 Å². The lowest BCUT2D eigenvalue weighted by molar-refractivity contribution is -0.167. The molecule has 0 aromatic rings. The number of unbranched alkanes of at least 4 members (excludes halogenated alkanes) is 25. The first-order valence-electron chi connectivity index (χ1n) is 24.6. The Morgan fingerprint density at radius 1 is 0.362 bits per heavy atom. The van der Waals surface area contributed by atoms with Gasteiger partial charge in [0.2, 0.25) is 0 Å². The zero-order valence-corrected chi connectivity index (χ0v) is 38.3. The van der Waals surface area contributed by atoms with Gasteiger partial charge < -0.3 is 14.2 Å². The molecule has 0 aliphatic carbocycles. The predicted octanol–water partition coefficient (Wildman–Crippen LogP) is 15.9. The van der Waals surface area contributed by atoms with Gasteiger partial charge in [0, 0.05) is 19.3 Å². The van der Waals surface area contributed by atoms with Gasteiger partial charge in [0.15, 0.2) is 6.10 Å². The van der Waals surface area contributed by atoms with Crippen molar-refractivity contribution < 1.29 is 28.6 Å². The van der Waals surface area contributed by atoms with Crippen LogP contribution >= 0.6 is 0 Å². The van der Waals surface area contributed by atoms with Crippen LogP contribution in [0.3, 0.4) is 0 Å². The van der Waals surface area contributed by atoms with E-state index in [0.29, 0.717) is 19.3 Å². The van der Waals surface area contributed by atoms with E-state index in [1.54, 1.807) is 0 Å². The smallest absolute Gasteiger partial charge is 0.306 e. The minimum absolute atomic E-state index is 0.0815. The van der Waals surface area contributed by atoms with Crippen LogP contribution in [-0.2, 0) is 28.6 Å². The van der Waals surface area contributed by atoms with Crippen LogP contribution in [0.5, 0.6) is 0 Å². The fourth-order valence-electron chi connectivity index (χ4n) is 6.86. The average molecular weight is 813 g/mol. The van der Waals surface area contributed by atoms with Crippen LogP contribution in [0.1, 0.15) is 245 Å². The van der Waals surface area contributed by atoms with Crippen molar-refractivity contribution in [1.29, 1.82) is 0 Å². The fourth-order valence-corrected chi connectivity index (χ4v) is 6.86. The van der Waals surface area contributed by atoms with Crippen molar-refractivity contribution in [1.82, 2.24) is 0 Å². The van der Waals surface area contributed by atoms with Crippen molar-refractivity contribution in [2.24, 2.45) is 0 Å². The summed E-state index contributed by atoms with van der Waals surface area (Å²) in [5.74, 6) is -0.908. The normalized spacial score (nSPS) is 12.4. The van der Waals surface area contributed by atoms with Crippen LogP contribution in [0.15, 0.2) is 48.6 Å². The van der Waals surface area contributed by atoms with Gasteiger partial charge in [-0.2, -0.15) is 0 Å². The van der Waals surface area contributed by atoms with Gasteiger partial charge in [-0.25, -0.2) is 0 Å². The largest absolute Gasteiger partial charge is 0.462 e. The molecule has 0 aromatic heterocycles. The molecule has 0 spiro atoms. The van der Waals surface area contributed by atoms with E-state index in [1.807, 2.05) is 0 Å². The maximum Gasteiger partial charge on any atom is 0.306 e. The first-order chi connectivity index (χ1) is 28.5. The molecule has 0 aromatic carbocycles. The van der Waals surface area contributed by atoms with Gasteiger partial charge in [-0.1, -0.05) is 198 Å². The van der Waals surface area contributed by atoms with E-state index in [-0.39, 0.29) is 31.1 Å². The Balaban J connectivity index is 4.39. The molecular formula is C52H92O6. The van der Waals surface area contributed by atoms with E-state index in [1.165, 1.54) is 109 Å². The third kappa shape index (κ3) is 44.5. The van der Waals surface area contributed by atoms with E-state index in [9.17, 15) is 14.4 Å². The Morgan fingerprint density at radius 3 is 1.09 bits per heavy atom. The lowest BCUT2D eigenvalue weighted by atomic mass is 10.1. The minimum atomic E-state index is -0.782. The lowest BCUT2D eigenvalue weighted by Crippen LogP contribution is -2.30. The molecule has 6 nitrogen and oxygen atoms in total. The Labute approximate surface area is 358 Å². The number of allylic oxidation sites excluding steroid dienone is 8. The number of carbonyl (C=O) groups is 3. The second kappa shape index (κ2) is 47.1. The third-order valence-corrected chi connectivity index (χ3v) is 10.6. The maximum atomic E-state index is 12.7. The second-order valence-electron chi connectivity index (χ2n) is 16.3. The molecule has 336 valence electrons. The summed E-state index contributed by atoms with van der Waals surface area (Å²) in [7, 11) is 0. The number of carbonyl (C=O) groups excluding carboxylic acids is 3. The van der Waals surface area contributed by atoms with Gasteiger partial charge >= 0.3 is 17.9 Å². The van der Waals surface area contributed by atoms with Crippen LogP contribution in [0.2, 0.25) is 0 Å². The minimum Gasteiger partial charge on any atom is -0.462 e. The van der Waals surface area contributed by atoms with Crippen LogP contribution in [-0.4, -0.2) is 37.2 Å². The molecule has 6 heteroatoms. The van der Waals surface area contributed by atoms with Crippen LogP contribution in [0.4, 0.5) is 0 Å². The predicted molar refractivity (Wildman–Crippen MR) is 247 cm³/mol. The van der Waals surface area contributed by atoms with E-state index < -0.39 is 6.10 Å². The van der Waals surface area contributed by atoms with Crippen molar-refractivity contribution in [3.63, 3.8) is 0 Å². The third-order valence-electron chi connectivity index (χ3n) is 10.6. The monoisotopic (exact) mass is 813 g/mol. The van der Waals surface area contributed by atoms with E-state index in [4.69, 9.17) is 14.2 Å². The molecule has 0 saturated carbocycles. The molecular weight excluding hydrogens is 721 g/mol. The zero-order valence-electron chi connectivity index (χ0n) is 38.3. The summed E-state index contributed by atoms with van der Waals surface area (Å²) in [6.07, 6.45) is 55.2. The molecule has 0 saturated heterocycles. The molecule has 0 aliphatic heterocycles. The van der Waals surface area contributed by atoms with Gasteiger partial charge in [-0.05, 0) is 77.0 Å². The molecule has 0 N–H and O–H groups in total. The van der Waals surface area contributed by atoms with E-state index in [0.717, 1.165) is 96.3 Å². The first kappa shape index (κ1) is 55.4. The Bertz CT molecular complexity index is 1030. The fraction of sp³-hybridized carbons (Fsp3) is 0.788. The van der Waals surface area contributed by atoms with E-state index in [2.05, 4.69) is 69.4 Å². The quantitative estimate of drug-likeness (QED) is 0.0264. The Hall–Kier alpha value is -2.63. The highest BCUT2D eigenvalue weighted by molar-refractivity contribution is 5.71. The second-order valence-corrected chi connectivity index (χ2v) is 16.3. The number of hydrogen-bond acceptors (Lipinski definition) is 6. The number of hydrogen-bond donors (Lipinski definition) is 0. The van der Waals surface area contributed by atoms with Gasteiger partial charge in [-0.3, -0.25) is 14.4 Å². The number of esters is 3. The highest BCUT2D eigenvalue weighted by Crippen LogP contribution is 2.14. The van der Waals surface area contributed by atoms with E-state index >= 15 is 0 Å². The molecule has 0 heterocycles. The summed E-state index contributed by atoms with van der Waals surface area (Å²) < 4.78 is 16.7. The van der Waals surface area contributed by atoms with Gasteiger partial charge in [-0.15, -0.1) is 0 Å². The highest BCUT2D eigenvalue weighted by atomic mass is 16.6. The van der Waals surface area contributed by atoms with Crippen molar-refractivity contribution >= 4 is 17.9 Å². The highest BCUT2D eigenvalue weighted by Gasteiger charge is 2.19. The summed E-state index contributed by atoms with van der Waals surface area (Å²) in [5.41, 5.74) is 0. The molecule has 0 fully saturated rings. The zero-order chi connectivity index (χ0) is 42.3. The SMILES string of the molecule is CC/C=C\C/C=C\C/C=C\CCCCCCCCC(=O)OCC(COC(=O)CCCCCCCCCCCCC)OC(=O)CCCCC/C=C\CCCCCCCC. The molecule has 1 atom stereocenters. The van der Waals surface area contributed by atoms with Crippen molar-refractivity contribution in [2.75, 3.05) is 13.2 Å². The maximum absolute atomic E-state index is 12.7. The molecule has 0 aliphatic rings. The van der Waals surface area contributed by atoms with Gasteiger partial charge in [0.1, 0.15) is 13.2 Å². The van der Waals surface area contributed by atoms with Crippen LogP contribution < -0.4 is 0 Å². The molecule has 58 heavy (non-hydrogen) atoms. The van der Waals surface area contributed by atoms with Crippen molar-refractivity contribution in [3.8, 4) is 0 Å². The van der Waals surface area contributed by atoms with Crippen molar-refractivity contribution in [2.45, 2.75) is 252 Å². The molecule has 0 bridgehead atoms. The summed E-state index contributed by atoms with van der Waals surface area (Å²) in [4.78, 5) is 37.8. The van der Waals surface area contributed by atoms with Crippen molar-refractivity contribution in [3.05, 3.63) is 48.6 Å². The van der Waals surface area contributed by atoms with Crippen LogP contribution in [0, 0.1) is 0 Å². The summed E-state index contributed by atoms with van der Waals surface area (Å²) >= 11 is 0. The molecule has 0 rings (SSSR count). The molecule has 0 amide bonds.